The molecule has 4 nitrogen and oxygen atoms in total. The Morgan fingerprint density at radius 2 is 2.07 bits per heavy atom. The first-order valence-corrected chi connectivity index (χ1v) is 5.12. The Bertz CT molecular complexity index is 343. The van der Waals surface area contributed by atoms with Crippen LogP contribution in [0, 0.1) is 0 Å². The highest BCUT2D eigenvalue weighted by molar-refractivity contribution is 5.19. The van der Waals surface area contributed by atoms with Gasteiger partial charge in [0.1, 0.15) is 12.4 Å². The summed E-state index contributed by atoms with van der Waals surface area (Å²) in [5.41, 5.74) is 1.02. The number of hydrogen-bond acceptors (Lipinski definition) is 4. The fourth-order valence-corrected chi connectivity index (χ4v) is 1.27. The molecule has 0 amide bonds. The fraction of sp³-hybridized carbons (Fsp3) is 0.636. The van der Waals surface area contributed by atoms with E-state index < -0.39 is 0 Å². The van der Waals surface area contributed by atoms with Crippen LogP contribution in [0.3, 0.4) is 0 Å². The summed E-state index contributed by atoms with van der Waals surface area (Å²) in [6.07, 6.45) is 1.71. The van der Waals surface area contributed by atoms with Crippen LogP contribution in [0.1, 0.15) is 26.5 Å². The van der Waals surface area contributed by atoms with Crippen molar-refractivity contribution in [3.63, 3.8) is 0 Å². The first-order chi connectivity index (χ1) is 7.05. The highest BCUT2D eigenvalue weighted by atomic mass is 16.6. The standard InChI is InChI=1S/C11H16N2O2/c1-11(2,3)9-4-10(13-7-12-9)15-8-5-14-6-8/h4,7-8H,5-6H2,1-3H3. The average molecular weight is 208 g/mol. The molecule has 0 aliphatic carbocycles. The molecule has 0 radical (unpaired) electrons. The smallest absolute Gasteiger partial charge is 0.217 e. The van der Waals surface area contributed by atoms with Crippen molar-refractivity contribution in [2.45, 2.75) is 32.3 Å². The number of rotatable bonds is 2. The van der Waals surface area contributed by atoms with E-state index >= 15 is 0 Å². The van der Waals surface area contributed by atoms with Crippen LogP contribution in [0.5, 0.6) is 5.88 Å². The maximum absolute atomic E-state index is 5.61. The first-order valence-electron chi connectivity index (χ1n) is 5.12. The Hall–Kier alpha value is -1.16. The van der Waals surface area contributed by atoms with Gasteiger partial charge in [-0.1, -0.05) is 20.8 Å². The maximum atomic E-state index is 5.61. The van der Waals surface area contributed by atoms with Gasteiger partial charge in [-0.3, -0.25) is 0 Å². The van der Waals surface area contributed by atoms with Crippen molar-refractivity contribution < 1.29 is 9.47 Å². The predicted octanol–water partition coefficient (Wildman–Crippen LogP) is 1.55. The van der Waals surface area contributed by atoms with E-state index in [0.29, 0.717) is 19.1 Å². The zero-order chi connectivity index (χ0) is 10.9. The Morgan fingerprint density at radius 1 is 1.33 bits per heavy atom. The van der Waals surface area contributed by atoms with Crippen LogP contribution >= 0.6 is 0 Å². The van der Waals surface area contributed by atoms with Gasteiger partial charge in [-0.2, -0.15) is 0 Å². The van der Waals surface area contributed by atoms with E-state index in [4.69, 9.17) is 9.47 Å². The molecule has 82 valence electrons. The van der Waals surface area contributed by atoms with Crippen LogP contribution in [-0.2, 0) is 10.2 Å². The molecule has 0 spiro atoms. The minimum absolute atomic E-state index is 0.0250. The van der Waals surface area contributed by atoms with Crippen molar-refractivity contribution in [3.8, 4) is 5.88 Å². The van der Waals surface area contributed by atoms with Gasteiger partial charge in [0.05, 0.1) is 18.9 Å². The van der Waals surface area contributed by atoms with Crippen LogP contribution in [-0.4, -0.2) is 29.3 Å². The third-order valence-electron chi connectivity index (χ3n) is 2.31. The number of aromatic nitrogens is 2. The molecular weight excluding hydrogens is 192 g/mol. The molecule has 1 aromatic rings. The molecule has 2 heterocycles. The van der Waals surface area contributed by atoms with Gasteiger partial charge in [-0.05, 0) is 0 Å². The quantitative estimate of drug-likeness (QED) is 0.739. The van der Waals surface area contributed by atoms with Gasteiger partial charge in [-0.15, -0.1) is 0 Å². The third kappa shape index (κ3) is 2.45. The van der Waals surface area contributed by atoms with Crippen molar-refractivity contribution in [2.24, 2.45) is 0 Å². The lowest BCUT2D eigenvalue weighted by Gasteiger charge is -2.26. The fourth-order valence-electron chi connectivity index (χ4n) is 1.27. The van der Waals surface area contributed by atoms with Gasteiger partial charge in [0.2, 0.25) is 5.88 Å². The summed E-state index contributed by atoms with van der Waals surface area (Å²) in [4.78, 5) is 8.33. The normalized spacial score (nSPS) is 17.3. The minimum atomic E-state index is 0.0250. The van der Waals surface area contributed by atoms with Crippen molar-refractivity contribution in [3.05, 3.63) is 18.1 Å². The third-order valence-corrected chi connectivity index (χ3v) is 2.31. The lowest BCUT2D eigenvalue weighted by molar-refractivity contribution is -0.0814. The van der Waals surface area contributed by atoms with Gasteiger partial charge in [0, 0.05) is 11.5 Å². The maximum Gasteiger partial charge on any atom is 0.217 e. The van der Waals surface area contributed by atoms with Gasteiger partial charge >= 0.3 is 0 Å². The summed E-state index contributed by atoms with van der Waals surface area (Å²) < 4.78 is 10.6. The molecule has 0 bridgehead atoms. The Kier molecular flexibility index (Phi) is 2.61. The second-order valence-electron chi connectivity index (χ2n) is 4.77. The highest BCUT2D eigenvalue weighted by Gasteiger charge is 2.22. The summed E-state index contributed by atoms with van der Waals surface area (Å²) in [6.45, 7) is 7.67. The second kappa shape index (κ2) is 3.77. The summed E-state index contributed by atoms with van der Waals surface area (Å²) in [5.74, 6) is 0.642. The molecule has 1 aliphatic rings. The Balaban J connectivity index is 2.11. The van der Waals surface area contributed by atoms with E-state index in [1.807, 2.05) is 6.07 Å². The van der Waals surface area contributed by atoms with Gasteiger partial charge in [0.25, 0.3) is 0 Å². The van der Waals surface area contributed by atoms with E-state index in [9.17, 15) is 0 Å². The van der Waals surface area contributed by atoms with E-state index in [1.54, 1.807) is 6.33 Å². The molecular formula is C11H16N2O2. The monoisotopic (exact) mass is 208 g/mol. The molecule has 0 aromatic carbocycles. The molecule has 4 heteroatoms. The Morgan fingerprint density at radius 3 is 2.60 bits per heavy atom. The number of ether oxygens (including phenoxy) is 2. The predicted molar refractivity (Wildman–Crippen MR) is 56.0 cm³/mol. The molecule has 0 atom stereocenters. The largest absolute Gasteiger partial charge is 0.469 e. The summed E-state index contributed by atoms with van der Waals surface area (Å²) in [7, 11) is 0. The van der Waals surface area contributed by atoms with Crippen LogP contribution in [0.4, 0.5) is 0 Å². The molecule has 1 aromatic heterocycles. The van der Waals surface area contributed by atoms with Crippen molar-refractivity contribution in [1.29, 1.82) is 0 Å². The van der Waals surface area contributed by atoms with Crippen molar-refractivity contribution >= 4 is 0 Å². The van der Waals surface area contributed by atoms with Crippen molar-refractivity contribution in [1.82, 2.24) is 9.97 Å². The SMILES string of the molecule is CC(C)(C)c1cc(OC2COC2)ncn1. The molecule has 1 aliphatic heterocycles. The lowest BCUT2D eigenvalue weighted by atomic mass is 9.92. The van der Waals surface area contributed by atoms with Gasteiger partial charge in [-0.25, -0.2) is 9.97 Å². The molecule has 1 saturated heterocycles. The van der Waals surface area contributed by atoms with Crippen LogP contribution in [0.2, 0.25) is 0 Å². The summed E-state index contributed by atoms with van der Waals surface area (Å²) in [5, 5.41) is 0. The molecule has 1 fully saturated rings. The summed E-state index contributed by atoms with van der Waals surface area (Å²) in [6, 6.07) is 1.90. The lowest BCUT2D eigenvalue weighted by Crippen LogP contribution is -2.38. The average Bonchev–Trinajstić information content (AvgIpc) is 2.11. The minimum Gasteiger partial charge on any atom is -0.469 e. The molecule has 2 rings (SSSR count). The Labute approximate surface area is 89.6 Å². The molecule has 0 unspecified atom stereocenters. The highest BCUT2D eigenvalue weighted by Crippen LogP contribution is 2.22. The van der Waals surface area contributed by atoms with E-state index in [2.05, 4.69) is 30.7 Å². The number of nitrogens with zero attached hydrogens (tertiary/aromatic N) is 2. The van der Waals surface area contributed by atoms with E-state index in [-0.39, 0.29) is 11.5 Å². The van der Waals surface area contributed by atoms with Crippen LogP contribution < -0.4 is 4.74 Å². The van der Waals surface area contributed by atoms with Crippen LogP contribution in [0.15, 0.2) is 12.4 Å². The zero-order valence-electron chi connectivity index (χ0n) is 9.36. The van der Waals surface area contributed by atoms with Gasteiger partial charge in [0.15, 0.2) is 0 Å². The summed E-state index contributed by atoms with van der Waals surface area (Å²) >= 11 is 0. The number of hydrogen-bond donors (Lipinski definition) is 0. The second-order valence-corrected chi connectivity index (χ2v) is 4.77. The van der Waals surface area contributed by atoms with Crippen LogP contribution in [0.25, 0.3) is 0 Å². The zero-order valence-corrected chi connectivity index (χ0v) is 9.36. The molecule has 0 saturated carbocycles. The van der Waals surface area contributed by atoms with E-state index in [1.165, 1.54) is 0 Å². The molecule has 15 heavy (non-hydrogen) atoms. The topological polar surface area (TPSA) is 44.2 Å². The van der Waals surface area contributed by atoms with E-state index in [0.717, 1.165) is 5.69 Å². The molecule has 0 N–H and O–H groups in total. The first kappa shape index (κ1) is 10.4. The van der Waals surface area contributed by atoms with Gasteiger partial charge < -0.3 is 9.47 Å². The van der Waals surface area contributed by atoms with Crippen molar-refractivity contribution in [2.75, 3.05) is 13.2 Å².